The number of nitrogens with one attached hydrogen (secondary N) is 4. The number of urea groups is 1. The van der Waals surface area contributed by atoms with E-state index in [1.54, 1.807) is 29.2 Å². The van der Waals surface area contributed by atoms with Crippen LogP contribution in [0.25, 0.3) is 0 Å². The van der Waals surface area contributed by atoms with Crippen LogP contribution in [0.15, 0.2) is 41.8 Å². The first-order valence-corrected chi connectivity index (χ1v) is 21.4. The Kier molecular flexibility index (Phi) is 12.6. The van der Waals surface area contributed by atoms with Crippen LogP contribution in [-0.2, 0) is 35.7 Å². The lowest BCUT2D eigenvalue weighted by Crippen LogP contribution is -2.63. The monoisotopic (exact) mass is 782 g/mol. The molecule has 304 valence electrons. The third-order valence-electron chi connectivity index (χ3n) is 12.8. The summed E-state index contributed by atoms with van der Waals surface area (Å²) in [4.78, 5) is 71.1. The standard InChI is InChI=1S/C41H62N6O7S/c1-9-11-18-28(33(48)36(50)42-22-10-2)43-35(49)32-31-27(40(31,6)7)24-47(32)37(51)34(41(8)20-15-12-16-21-41)45-38(52)44-30(39(3,4)5)25-46-23-26-17-13-14-19-29(26)55(46,53)54/h10,13-14,17,19,27-28,30-32,34H,2,9,11-12,15-16,18,20-25H2,1,3-8H3,(H,42,50)(H,43,49)(H2,44,45,52)/t27-,28?,30+,31-,32-,34+/m0/s1. The Bertz CT molecular complexity index is 1770. The molecule has 2 aliphatic carbocycles. The van der Waals surface area contributed by atoms with Crippen LogP contribution in [0.1, 0.15) is 105 Å². The molecule has 0 radical (unpaired) electrons. The Morgan fingerprint density at radius 3 is 2.29 bits per heavy atom. The normalized spacial score (nSPS) is 25.0. The molecule has 0 spiro atoms. The molecule has 2 heterocycles. The molecule has 5 rings (SSSR count). The van der Waals surface area contributed by atoms with Gasteiger partial charge in [0.25, 0.3) is 5.91 Å². The number of sulfonamides is 1. The molecule has 0 bridgehead atoms. The maximum atomic E-state index is 14.9. The summed E-state index contributed by atoms with van der Waals surface area (Å²) in [6, 6.07) is 2.81. The van der Waals surface area contributed by atoms with Crippen LogP contribution in [0.5, 0.6) is 0 Å². The van der Waals surface area contributed by atoms with E-state index in [0.29, 0.717) is 31.4 Å². The number of carbonyl (C=O) groups excluding carboxylic acids is 5. The molecule has 13 nitrogen and oxygen atoms in total. The van der Waals surface area contributed by atoms with E-state index in [1.807, 2.05) is 34.6 Å². The SMILES string of the molecule is C=CCNC(=O)C(=O)C(CCCC)NC(=O)[C@@H]1[C@@H]2[C@H](CN1C(=O)[C@@H](NC(=O)N[C@H](CN1Cc3ccccc3S1(=O)=O)C(C)(C)C)C1(C)CCCCC1)C2(C)C. The molecule has 1 saturated heterocycles. The summed E-state index contributed by atoms with van der Waals surface area (Å²) in [5, 5.41) is 11.5. The number of nitrogens with zero attached hydrogens (tertiary/aromatic N) is 2. The van der Waals surface area contributed by atoms with Crippen molar-refractivity contribution in [2.24, 2.45) is 28.1 Å². The molecule has 6 atom stereocenters. The van der Waals surface area contributed by atoms with Crippen molar-refractivity contribution < 1.29 is 32.4 Å². The molecule has 0 aromatic heterocycles. The molecule has 3 fully saturated rings. The summed E-state index contributed by atoms with van der Waals surface area (Å²) in [5.41, 5.74) is -0.656. The van der Waals surface area contributed by atoms with Gasteiger partial charge in [0.2, 0.25) is 27.6 Å². The molecular weight excluding hydrogens is 721 g/mol. The molecular formula is C41H62N6O7S. The van der Waals surface area contributed by atoms with Crippen molar-refractivity contribution in [3.05, 3.63) is 42.5 Å². The largest absolute Gasteiger partial charge is 0.346 e. The minimum atomic E-state index is -3.75. The van der Waals surface area contributed by atoms with Crippen LogP contribution in [0.2, 0.25) is 0 Å². The van der Waals surface area contributed by atoms with Gasteiger partial charge in [-0.3, -0.25) is 19.2 Å². The maximum absolute atomic E-state index is 14.9. The van der Waals surface area contributed by atoms with E-state index in [-0.39, 0.29) is 54.1 Å². The fourth-order valence-corrected chi connectivity index (χ4v) is 10.7. The smallest absolute Gasteiger partial charge is 0.315 e. The molecule has 4 N–H and O–H groups in total. The van der Waals surface area contributed by atoms with Gasteiger partial charge in [0.1, 0.15) is 12.1 Å². The van der Waals surface area contributed by atoms with Crippen LogP contribution >= 0.6 is 0 Å². The van der Waals surface area contributed by atoms with E-state index in [0.717, 1.165) is 25.7 Å². The van der Waals surface area contributed by atoms with Crippen LogP contribution in [-0.4, -0.2) is 91.0 Å². The minimum absolute atomic E-state index is 0.0418. The van der Waals surface area contributed by atoms with Crippen molar-refractivity contribution >= 4 is 39.6 Å². The van der Waals surface area contributed by atoms with E-state index in [4.69, 9.17) is 0 Å². The molecule has 5 amide bonds. The topological polar surface area (TPSA) is 174 Å². The van der Waals surface area contributed by atoms with Crippen molar-refractivity contribution in [2.75, 3.05) is 19.6 Å². The minimum Gasteiger partial charge on any atom is -0.346 e. The number of rotatable bonds is 15. The summed E-state index contributed by atoms with van der Waals surface area (Å²) in [5.74, 6) is -2.47. The Morgan fingerprint density at radius 1 is 1.00 bits per heavy atom. The molecule has 4 aliphatic rings. The second kappa shape index (κ2) is 16.4. The van der Waals surface area contributed by atoms with Gasteiger partial charge in [-0.1, -0.05) is 105 Å². The zero-order valence-corrected chi connectivity index (χ0v) is 34.5. The van der Waals surface area contributed by atoms with Gasteiger partial charge >= 0.3 is 6.03 Å². The van der Waals surface area contributed by atoms with Crippen molar-refractivity contribution in [1.82, 2.24) is 30.5 Å². The summed E-state index contributed by atoms with van der Waals surface area (Å²) in [7, 11) is -3.75. The number of carbonyl (C=O) groups is 5. The number of hydrogen-bond donors (Lipinski definition) is 4. The van der Waals surface area contributed by atoms with E-state index in [2.05, 4.69) is 41.7 Å². The highest BCUT2D eigenvalue weighted by atomic mass is 32.2. The van der Waals surface area contributed by atoms with Gasteiger partial charge < -0.3 is 26.2 Å². The van der Waals surface area contributed by atoms with Gasteiger partial charge in [0.15, 0.2) is 0 Å². The zero-order valence-electron chi connectivity index (χ0n) is 33.7. The number of piperidine rings is 1. The zero-order chi connectivity index (χ0) is 40.5. The van der Waals surface area contributed by atoms with Crippen molar-refractivity contribution in [2.45, 2.75) is 135 Å². The van der Waals surface area contributed by atoms with Gasteiger partial charge in [0, 0.05) is 32.2 Å². The number of fused-ring (bicyclic) bond motifs is 2. The average Bonchev–Trinajstić information content (AvgIpc) is 3.38. The van der Waals surface area contributed by atoms with E-state index >= 15 is 0 Å². The van der Waals surface area contributed by atoms with Crippen molar-refractivity contribution in [3.63, 3.8) is 0 Å². The van der Waals surface area contributed by atoms with Gasteiger partial charge in [-0.15, -0.1) is 6.58 Å². The lowest BCUT2D eigenvalue weighted by atomic mass is 9.70. The highest BCUT2D eigenvalue weighted by Crippen LogP contribution is 2.65. The third-order valence-corrected chi connectivity index (χ3v) is 14.7. The van der Waals surface area contributed by atoms with Gasteiger partial charge in [-0.25, -0.2) is 13.2 Å². The number of ketones is 1. The fourth-order valence-electron chi connectivity index (χ4n) is 9.04. The van der Waals surface area contributed by atoms with Gasteiger partial charge in [-0.2, -0.15) is 4.31 Å². The van der Waals surface area contributed by atoms with Gasteiger partial charge in [-0.05, 0) is 59.0 Å². The molecule has 1 unspecified atom stereocenters. The summed E-state index contributed by atoms with van der Waals surface area (Å²) < 4.78 is 28.3. The Morgan fingerprint density at radius 2 is 1.67 bits per heavy atom. The summed E-state index contributed by atoms with van der Waals surface area (Å²) >= 11 is 0. The van der Waals surface area contributed by atoms with Crippen LogP contribution in [0, 0.1) is 28.1 Å². The maximum Gasteiger partial charge on any atom is 0.315 e. The second-order valence-corrected chi connectivity index (χ2v) is 20.0. The Labute approximate surface area is 327 Å². The molecule has 1 aromatic rings. The number of amides is 5. The van der Waals surface area contributed by atoms with Crippen LogP contribution < -0.4 is 21.3 Å². The molecule has 55 heavy (non-hydrogen) atoms. The Hall–Kier alpha value is -3.78. The van der Waals surface area contributed by atoms with E-state index in [9.17, 15) is 32.4 Å². The predicted octanol–water partition coefficient (Wildman–Crippen LogP) is 4.27. The quantitative estimate of drug-likeness (QED) is 0.152. The average molecular weight is 783 g/mol. The van der Waals surface area contributed by atoms with Crippen LogP contribution in [0.4, 0.5) is 4.79 Å². The first kappa shape index (κ1) is 42.4. The number of likely N-dealkylation sites (tertiary alicyclic amines) is 1. The van der Waals surface area contributed by atoms with E-state index in [1.165, 1.54) is 10.4 Å². The predicted molar refractivity (Wildman–Crippen MR) is 210 cm³/mol. The number of unbranched alkanes of at least 4 members (excludes halogenated alkanes) is 1. The lowest BCUT2D eigenvalue weighted by Gasteiger charge is -2.43. The molecule has 2 aliphatic heterocycles. The highest BCUT2D eigenvalue weighted by Gasteiger charge is 2.70. The second-order valence-electron chi connectivity index (χ2n) is 18.0. The lowest BCUT2D eigenvalue weighted by molar-refractivity contribution is -0.146. The Balaban J connectivity index is 1.38. The summed E-state index contributed by atoms with van der Waals surface area (Å²) in [6.45, 7) is 18.2. The third kappa shape index (κ3) is 8.80. The number of Topliss-reactive ketones (excluding diaryl/α,β-unsaturated/α-hetero) is 1. The number of hydrogen-bond acceptors (Lipinski definition) is 7. The van der Waals surface area contributed by atoms with Gasteiger partial charge in [0.05, 0.1) is 10.9 Å². The van der Waals surface area contributed by atoms with E-state index < -0.39 is 68.6 Å². The van der Waals surface area contributed by atoms with Crippen molar-refractivity contribution in [3.8, 4) is 0 Å². The fraction of sp³-hybridized carbons (Fsp3) is 0.683. The highest BCUT2D eigenvalue weighted by molar-refractivity contribution is 7.89. The molecule has 14 heteroatoms. The molecule has 1 aromatic carbocycles. The number of benzene rings is 1. The van der Waals surface area contributed by atoms with Crippen LogP contribution in [0.3, 0.4) is 0 Å². The first-order chi connectivity index (χ1) is 25.8. The first-order valence-electron chi connectivity index (χ1n) is 20.0. The van der Waals surface area contributed by atoms with Crippen molar-refractivity contribution in [1.29, 1.82) is 0 Å². The summed E-state index contributed by atoms with van der Waals surface area (Å²) in [6.07, 6.45) is 7.32. The molecule has 2 saturated carbocycles.